The van der Waals surface area contributed by atoms with Gasteiger partial charge in [0.15, 0.2) is 0 Å². The minimum absolute atomic E-state index is 0.0216. The number of allylic oxidation sites excluding steroid dienone is 1. The molecule has 0 aromatic heterocycles. The van der Waals surface area contributed by atoms with Crippen LogP contribution in [0.5, 0.6) is 17.2 Å². The third-order valence-electron chi connectivity index (χ3n) is 6.22. The van der Waals surface area contributed by atoms with Crippen LogP contribution in [0.4, 0.5) is 0 Å². The zero-order valence-corrected chi connectivity index (χ0v) is 22.5. The van der Waals surface area contributed by atoms with E-state index in [2.05, 4.69) is 6.07 Å². The van der Waals surface area contributed by atoms with Crippen molar-refractivity contribution >= 4 is 35.2 Å². The molecule has 0 saturated carbocycles. The molecule has 6 nitrogen and oxygen atoms in total. The van der Waals surface area contributed by atoms with Gasteiger partial charge in [0.25, 0.3) is 0 Å². The second-order valence-corrected chi connectivity index (χ2v) is 9.73. The third kappa shape index (κ3) is 6.13. The predicted octanol–water partition coefficient (Wildman–Crippen LogP) is 7.41. The molecule has 1 aliphatic rings. The number of nitrogens with two attached hydrogens (primary N) is 1. The maximum Gasteiger partial charge on any atom is 0.336 e. The zero-order chi connectivity index (χ0) is 28.1. The van der Waals surface area contributed by atoms with Crippen LogP contribution in [-0.2, 0) is 11.4 Å². The summed E-state index contributed by atoms with van der Waals surface area (Å²) >= 11 is 12.3. The number of nitriles is 1. The largest absolute Gasteiger partial charge is 0.489 e. The van der Waals surface area contributed by atoms with Gasteiger partial charge in [-0.15, -0.1) is 0 Å². The van der Waals surface area contributed by atoms with E-state index in [1.165, 1.54) is 6.08 Å². The molecule has 4 aromatic carbocycles. The molecular formula is C32H22Cl2N2O4. The average Bonchev–Trinajstić information content (AvgIpc) is 2.95. The molecule has 1 atom stereocenters. The second kappa shape index (κ2) is 12.0. The first-order valence-electron chi connectivity index (χ1n) is 12.2. The Morgan fingerprint density at radius 2 is 1.80 bits per heavy atom. The van der Waals surface area contributed by atoms with Crippen LogP contribution in [0.15, 0.2) is 109 Å². The molecule has 1 aliphatic heterocycles. The Morgan fingerprint density at radius 3 is 2.58 bits per heavy atom. The minimum atomic E-state index is -0.539. The topological polar surface area (TPSA) is 94.6 Å². The van der Waals surface area contributed by atoms with Gasteiger partial charge < -0.3 is 19.9 Å². The Labute approximate surface area is 241 Å². The van der Waals surface area contributed by atoms with E-state index in [1.807, 2.05) is 60.7 Å². The van der Waals surface area contributed by atoms with Crippen molar-refractivity contribution in [3.05, 3.63) is 141 Å². The summed E-state index contributed by atoms with van der Waals surface area (Å²) in [6, 6.07) is 29.2. The van der Waals surface area contributed by atoms with E-state index in [9.17, 15) is 10.1 Å². The third-order valence-corrected chi connectivity index (χ3v) is 6.81. The van der Waals surface area contributed by atoms with Gasteiger partial charge in [0.05, 0.1) is 5.92 Å². The average molecular weight is 569 g/mol. The Morgan fingerprint density at radius 1 is 0.975 bits per heavy atom. The first-order valence-corrected chi connectivity index (χ1v) is 13.0. The highest BCUT2D eigenvalue weighted by atomic mass is 35.5. The van der Waals surface area contributed by atoms with Gasteiger partial charge in [-0.2, -0.15) is 5.26 Å². The lowest BCUT2D eigenvalue weighted by Crippen LogP contribution is -2.21. The van der Waals surface area contributed by atoms with Gasteiger partial charge in [0.2, 0.25) is 5.88 Å². The van der Waals surface area contributed by atoms with Crippen LogP contribution in [0.25, 0.3) is 6.08 Å². The lowest BCUT2D eigenvalue weighted by Gasteiger charge is -2.27. The molecule has 0 amide bonds. The van der Waals surface area contributed by atoms with Crippen LogP contribution in [-0.4, -0.2) is 5.97 Å². The smallest absolute Gasteiger partial charge is 0.336 e. The number of halogens is 2. The van der Waals surface area contributed by atoms with Gasteiger partial charge in [0.1, 0.15) is 35.5 Å². The summed E-state index contributed by atoms with van der Waals surface area (Å²) in [4.78, 5) is 12.4. The summed E-state index contributed by atoms with van der Waals surface area (Å²) in [7, 11) is 0. The molecule has 0 saturated heterocycles. The summed E-state index contributed by atoms with van der Waals surface area (Å²) in [6.45, 7) is 0.236. The molecule has 0 spiro atoms. The molecule has 1 unspecified atom stereocenters. The van der Waals surface area contributed by atoms with Gasteiger partial charge in [0, 0.05) is 33.3 Å². The van der Waals surface area contributed by atoms with E-state index >= 15 is 0 Å². The van der Waals surface area contributed by atoms with E-state index < -0.39 is 11.9 Å². The van der Waals surface area contributed by atoms with Crippen LogP contribution in [0.2, 0.25) is 10.0 Å². The summed E-state index contributed by atoms with van der Waals surface area (Å²) in [5.74, 6) is 0.181. The number of fused-ring (bicyclic) bond motifs is 1. The van der Waals surface area contributed by atoms with Crippen molar-refractivity contribution in [2.24, 2.45) is 5.73 Å². The van der Waals surface area contributed by atoms with Crippen LogP contribution in [0.1, 0.15) is 28.2 Å². The number of hydrogen-bond acceptors (Lipinski definition) is 6. The molecule has 0 fully saturated rings. The van der Waals surface area contributed by atoms with Crippen LogP contribution >= 0.6 is 23.2 Å². The molecular weight excluding hydrogens is 547 g/mol. The normalized spacial score (nSPS) is 14.3. The molecule has 0 bridgehead atoms. The molecule has 0 radical (unpaired) electrons. The van der Waals surface area contributed by atoms with E-state index in [0.29, 0.717) is 27.1 Å². The van der Waals surface area contributed by atoms with E-state index in [-0.39, 0.29) is 23.8 Å². The van der Waals surface area contributed by atoms with E-state index in [1.54, 1.807) is 36.4 Å². The second-order valence-electron chi connectivity index (χ2n) is 8.89. The number of carbonyl (C=O) groups is 1. The Balaban J connectivity index is 1.38. The van der Waals surface area contributed by atoms with Gasteiger partial charge in [-0.25, -0.2) is 4.79 Å². The van der Waals surface area contributed by atoms with Gasteiger partial charge in [-0.05, 0) is 47.5 Å². The molecule has 2 N–H and O–H groups in total. The summed E-state index contributed by atoms with van der Waals surface area (Å²) in [5.41, 5.74) is 9.56. The van der Waals surface area contributed by atoms with Crippen LogP contribution in [0, 0.1) is 11.3 Å². The number of esters is 1. The molecule has 198 valence electrons. The Bertz CT molecular complexity index is 1680. The van der Waals surface area contributed by atoms with Crippen LogP contribution in [0.3, 0.4) is 0 Å². The quantitative estimate of drug-likeness (QED) is 0.142. The highest BCUT2D eigenvalue weighted by Gasteiger charge is 2.31. The number of rotatable bonds is 7. The van der Waals surface area contributed by atoms with Gasteiger partial charge in [-0.3, -0.25) is 0 Å². The van der Waals surface area contributed by atoms with Crippen molar-refractivity contribution in [1.82, 2.24) is 0 Å². The number of ether oxygens (including phenoxy) is 3. The lowest BCUT2D eigenvalue weighted by atomic mass is 9.83. The van der Waals surface area contributed by atoms with Crippen molar-refractivity contribution in [1.29, 1.82) is 5.26 Å². The van der Waals surface area contributed by atoms with Gasteiger partial charge in [-0.1, -0.05) is 77.8 Å². The van der Waals surface area contributed by atoms with Crippen molar-refractivity contribution in [2.75, 3.05) is 0 Å². The monoisotopic (exact) mass is 568 g/mol. The number of benzene rings is 4. The van der Waals surface area contributed by atoms with Crippen molar-refractivity contribution in [3.63, 3.8) is 0 Å². The van der Waals surface area contributed by atoms with Crippen molar-refractivity contribution in [3.8, 4) is 23.3 Å². The van der Waals surface area contributed by atoms with Crippen molar-refractivity contribution in [2.45, 2.75) is 12.5 Å². The fraction of sp³-hybridized carbons (Fsp3) is 0.0625. The highest BCUT2D eigenvalue weighted by Crippen LogP contribution is 2.44. The fourth-order valence-corrected chi connectivity index (χ4v) is 4.77. The summed E-state index contributed by atoms with van der Waals surface area (Å²) < 4.78 is 17.2. The number of hydrogen-bond donors (Lipinski definition) is 1. The van der Waals surface area contributed by atoms with Gasteiger partial charge >= 0.3 is 5.97 Å². The Kier molecular flexibility index (Phi) is 8.07. The zero-order valence-electron chi connectivity index (χ0n) is 21.0. The minimum Gasteiger partial charge on any atom is -0.489 e. The predicted molar refractivity (Wildman–Crippen MR) is 154 cm³/mol. The van der Waals surface area contributed by atoms with Crippen LogP contribution < -0.4 is 19.9 Å². The molecule has 40 heavy (non-hydrogen) atoms. The lowest BCUT2D eigenvalue weighted by molar-refractivity contribution is -0.128. The fourth-order valence-electron chi connectivity index (χ4n) is 4.30. The number of carbonyl (C=O) groups excluding carboxylic acids is 1. The summed E-state index contributed by atoms with van der Waals surface area (Å²) in [5, 5.41) is 11.0. The van der Waals surface area contributed by atoms with E-state index in [4.69, 9.17) is 43.1 Å². The summed E-state index contributed by atoms with van der Waals surface area (Å²) in [6.07, 6.45) is 3.02. The van der Waals surface area contributed by atoms with E-state index in [0.717, 1.165) is 16.7 Å². The Hall–Kier alpha value is -4.70. The maximum atomic E-state index is 12.4. The molecule has 0 aliphatic carbocycles. The maximum absolute atomic E-state index is 12.4. The molecule has 4 aromatic rings. The standard InChI is InChI=1S/C32H22Cl2N2O4/c33-23-11-10-22(28(34)16-23)19-38-24-8-4-7-21(15-24)31-26-13-12-25(17-29(26)40-32(36)27(31)18-35)39-30(37)14-9-20-5-2-1-3-6-20/h1-17,31H,19,36H2/b14-9+. The first kappa shape index (κ1) is 26.9. The van der Waals surface area contributed by atoms with Crippen molar-refractivity contribution < 1.29 is 19.0 Å². The SMILES string of the molecule is N#CC1=C(N)Oc2cc(OC(=O)/C=C/c3ccccc3)ccc2C1c1cccc(OCc2ccc(Cl)cc2Cl)c1. The molecule has 5 rings (SSSR count). The highest BCUT2D eigenvalue weighted by molar-refractivity contribution is 6.35. The number of nitrogens with zero attached hydrogens (tertiary/aromatic N) is 1. The molecule has 8 heteroatoms. The molecule has 1 heterocycles. The first-order chi connectivity index (χ1) is 19.4.